The molecule has 1 N–H and O–H groups in total. The van der Waals surface area contributed by atoms with Crippen molar-refractivity contribution in [3.8, 4) is 0 Å². The highest BCUT2D eigenvalue weighted by molar-refractivity contribution is 5.68. The molecule has 0 heterocycles. The number of hydrogen-bond donors (Lipinski definition) is 1. The van der Waals surface area contributed by atoms with Crippen LogP contribution in [0, 0.1) is 5.92 Å². The van der Waals surface area contributed by atoms with Gasteiger partial charge in [-0.25, -0.2) is 4.79 Å². The standard InChI is InChI=1S/C21H31NO2/c1-5-18(16-12-8-6-9-13-16)19(17-14-10-7-11-15-17)22-20(23)24-21(2,3)4/h5-6,8-9,12-13,17-19H,1,7,10-11,14-15H2,2-4H3,(H,22,23). The largest absolute Gasteiger partial charge is 0.444 e. The maximum atomic E-state index is 12.4. The third kappa shape index (κ3) is 5.40. The van der Waals surface area contributed by atoms with Gasteiger partial charge in [-0.1, -0.05) is 55.7 Å². The Morgan fingerprint density at radius 1 is 1.21 bits per heavy atom. The Morgan fingerprint density at radius 3 is 2.38 bits per heavy atom. The lowest BCUT2D eigenvalue weighted by molar-refractivity contribution is 0.0470. The Bertz CT molecular complexity index is 527. The summed E-state index contributed by atoms with van der Waals surface area (Å²) in [5, 5.41) is 3.16. The summed E-state index contributed by atoms with van der Waals surface area (Å²) in [6.45, 7) is 9.72. The van der Waals surface area contributed by atoms with Gasteiger partial charge in [0, 0.05) is 12.0 Å². The summed E-state index contributed by atoms with van der Waals surface area (Å²) in [7, 11) is 0. The fraction of sp³-hybridized carbons (Fsp3) is 0.571. The smallest absolute Gasteiger partial charge is 0.407 e. The minimum atomic E-state index is -0.488. The van der Waals surface area contributed by atoms with Gasteiger partial charge < -0.3 is 10.1 Å². The Balaban J connectivity index is 2.21. The molecule has 1 saturated carbocycles. The van der Waals surface area contributed by atoms with Gasteiger partial charge in [-0.15, -0.1) is 6.58 Å². The van der Waals surface area contributed by atoms with Crippen molar-refractivity contribution in [2.24, 2.45) is 5.92 Å². The van der Waals surface area contributed by atoms with E-state index in [1.807, 2.05) is 45.0 Å². The first-order valence-corrected chi connectivity index (χ1v) is 9.08. The average molecular weight is 329 g/mol. The molecule has 3 nitrogen and oxygen atoms in total. The van der Waals surface area contributed by atoms with Gasteiger partial charge in [0.15, 0.2) is 0 Å². The molecule has 1 aromatic rings. The number of amides is 1. The molecule has 0 bridgehead atoms. The van der Waals surface area contributed by atoms with Crippen molar-refractivity contribution in [1.29, 1.82) is 0 Å². The molecule has 2 unspecified atom stereocenters. The number of carbonyl (C=O) groups excluding carboxylic acids is 1. The molecule has 0 aromatic heterocycles. The van der Waals surface area contributed by atoms with E-state index < -0.39 is 5.60 Å². The fourth-order valence-electron chi connectivity index (χ4n) is 3.60. The van der Waals surface area contributed by atoms with E-state index in [4.69, 9.17) is 4.74 Å². The van der Waals surface area contributed by atoms with E-state index in [9.17, 15) is 4.79 Å². The number of ether oxygens (including phenoxy) is 1. The lowest BCUT2D eigenvalue weighted by Crippen LogP contribution is -2.46. The molecule has 0 spiro atoms. The van der Waals surface area contributed by atoms with E-state index in [2.05, 4.69) is 24.0 Å². The van der Waals surface area contributed by atoms with Crippen LogP contribution in [-0.4, -0.2) is 17.7 Å². The number of carbonyl (C=O) groups is 1. The van der Waals surface area contributed by atoms with Crippen LogP contribution in [0.3, 0.4) is 0 Å². The summed E-state index contributed by atoms with van der Waals surface area (Å²) in [4.78, 5) is 12.4. The van der Waals surface area contributed by atoms with E-state index in [0.717, 1.165) is 12.8 Å². The van der Waals surface area contributed by atoms with Crippen molar-refractivity contribution in [3.05, 3.63) is 48.6 Å². The molecule has 1 aliphatic carbocycles. The van der Waals surface area contributed by atoms with Gasteiger partial charge in [0.2, 0.25) is 0 Å². The SMILES string of the molecule is C=CC(c1ccccc1)C(NC(=O)OC(C)(C)C)C1CCCCC1. The third-order valence-electron chi connectivity index (χ3n) is 4.67. The van der Waals surface area contributed by atoms with Gasteiger partial charge in [-0.2, -0.15) is 0 Å². The van der Waals surface area contributed by atoms with Crippen LogP contribution < -0.4 is 5.32 Å². The maximum Gasteiger partial charge on any atom is 0.407 e. The van der Waals surface area contributed by atoms with E-state index in [0.29, 0.717) is 5.92 Å². The van der Waals surface area contributed by atoms with E-state index in [1.54, 1.807) is 0 Å². The average Bonchev–Trinajstić information content (AvgIpc) is 2.55. The van der Waals surface area contributed by atoms with Gasteiger partial charge >= 0.3 is 6.09 Å². The monoisotopic (exact) mass is 329 g/mol. The van der Waals surface area contributed by atoms with Crippen molar-refractivity contribution in [2.75, 3.05) is 0 Å². The summed E-state index contributed by atoms with van der Waals surface area (Å²) >= 11 is 0. The van der Waals surface area contributed by atoms with Crippen molar-refractivity contribution in [2.45, 2.75) is 70.4 Å². The Kier molecular flexibility index (Phi) is 6.47. The van der Waals surface area contributed by atoms with Crippen LogP contribution in [0.2, 0.25) is 0 Å². The summed E-state index contributed by atoms with van der Waals surface area (Å²) in [6, 6.07) is 10.3. The Hall–Kier alpha value is -1.77. The predicted molar refractivity (Wildman–Crippen MR) is 99.1 cm³/mol. The molecule has 1 amide bonds. The summed E-state index contributed by atoms with van der Waals surface area (Å²) < 4.78 is 5.51. The number of alkyl carbamates (subject to hydrolysis) is 1. The number of nitrogens with one attached hydrogen (secondary N) is 1. The van der Waals surface area contributed by atoms with Crippen LogP contribution in [0.4, 0.5) is 4.79 Å². The molecule has 1 fully saturated rings. The van der Waals surface area contributed by atoms with Crippen LogP contribution >= 0.6 is 0 Å². The maximum absolute atomic E-state index is 12.4. The van der Waals surface area contributed by atoms with Crippen LogP contribution in [0.1, 0.15) is 64.4 Å². The van der Waals surface area contributed by atoms with E-state index in [1.165, 1.54) is 24.8 Å². The first kappa shape index (κ1) is 18.6. The number of hydrogen-bond acceptors (Lipinski definition) is 2. The van der Waals surface area contributed by atoms with E-state index in [-0.39, 0.29) is 18.1 Å². The second kappa shape index (κ2) is 8.36. The molecular formula is C21H31NO2. The first-order valence-electron chi connectivity index (χ1n) is 9.08. The lowest BCUT2D eigenvalue weighted by Gasteiger charge is -2.36. The molecular weight excluding hydrogens is 298 g/mol. The molecule has 24 heavy (non-hydrogen) atoms. The zero-order valence-electron chi connectivity index (χ0n) is 15.3. The summed E-state index contributed by atoms with van der Waals surface area (Å²) in [5.41, 5.74) is 0.705. The molecule has 132 valence electrons. The summed E-state index contributed by atoms with van der Waals surface area (Å²) in [5.74, 6) is 0.566. The van der Waals surface area contributed by atoms with E-state index >= 15 is 0 Å². The van der Waals surface area contributed by atoms with Crippen molar-refractivity contribution >= 4 is 6.09 Å². The molecule has 2 rings (SSSR count). The quantitative estimate of drug-likeness (QED) is 0.731. The molecule has 0 aliphatic heterocycles. The molecule has 3 heteroatoms. The van der Waals surface area contributed by atoms with Crippen molar-refractivity contribution in [3.63, 3.8) is 0 Å². The number of benzene rings is 1. The molecule has 1 aliphatic rings. The Morgan fingerprint density at radius 2 is 1.83 bits per heavy atom. The van der Waals surface area contributed by atoms with Gasteiger partial charge in [0.05, 0.1) is 0 Å². The predicted octanol–water partition coefficient (Wildman–Crippen LogP) is 5.43. The fourth-order valence-corrected chi connectivity index (χ4v) is 3.60. The Labute approximate surface area is 146 Å². The van der Waals surface area contributed by atoms with Gasteiger partial charge in [0.25, 0.3) is 0 Å². The van der Waals surface area contributed by atoms with Gasteiger partial charge in [-0.3, -0.25) is 0 Å². The number of rotatable bonds is 5. The van der Waals surface area contributed by atoms with Crippen LogP contribution in [0.25, 0.3) is 0 Å². The van der Waals surface area contributed by atoms with Crippen molar-refractivity contribution in [1.82, 2.24) is 5.32 Å². The minimum absolute atomic E-state index is 0.0278. The highest BCUT2D eigenvalue weighted by atomic mass is 16.6. The third-order valence-corrected chi connectivity index (χ3v) is 4.67. The first-order chi connectivity index (χ1) is 11.4. The zero-order valence-corrected chi connectivity index (χ0v) is 15.3. The molecule has 2 atom stereocenters. The second-order valence-corrected chi connectivity index (χ2v) is 7.74. The molecule has 0 radical (unpaired) electrons. The normalized spacial score (nSPS) is 18.5. The molecule has 1 aromatic carbocycles. The second-order valence-electron chi connectivity index (χ2n) is 7.74. The topological polar surface area (TPSA) is 38.3 Å². The minimum Gasteiger partial charge on any atom is -0.444 e. The highest BCUT2D eigenvalue weighted by Gasteiger charge is 2.32. The van der Waals surface area contributed by atoms with Crippen LogP contribution in [-0.2, 0) is 4.74 Å². The zero-order chi connectivity index (χ0) is 17.6. The van der Waals surface area contributed by atoms with Crippen molar-refractivity contribution < 1.29 is 9.53 Å². The molecule has 0 saturated heterocycles. The van der Waals surface area contributed by atoms with Gasteiger partial charge in [-0.05, 0) is 45.1 Å². The lowest BCUT2D eigenvalue weighted by atomic mass is 9.76. The van der Waals surface area contributed by atoms with Crippen LogP contribution in [0.5, 0.6) is 0 Å². The van der Waals surface area contributed by atoms with Crippen LogP contribution in [0.15, 0.2) is 43.0 Å². The van der Waals surface area contributed by atoms with Gasteiger partial charge in [0.1, 0.15) is 5.60 Å². The highest BCUT2D eigenvalue weighted by Crippen LogP contribution is 2.34. The summed E-state index contributed by atoms with van der Waals surface area (Å²) in [6.07, 6.45) is 7.69.